The van der Waals surface area contributed by atoms with Crippen molar-refractivity contribution >= 4 is 39.5 Å². The van der Waals surface area contributed by atoms with Crippen molar-refractivity contribution in [3.8, 4) is 0 Å². The number of unbranched alkanes of at least 4 members (excludes halogenated alkanes) is 38. The van der Waals surface area contributed by atoms with E-state index in [1.165, 1.54) is 180 Å². The first-order chi connectivity index (χ1) is 45.6. The number of hydrogen-bond acceptors (Lipinski definition) is 15. The summed E-state index contributed by atoms with van der Waals surface area (Å²) in [5, 5.41) is 10.6. The topological polar surface area (TPSA) is 237 Å². The van der Waals surface area contributed by atoms with Crippen LogP contribution in [0.25, 0.3) is 0 Å². The van der Waals surface area contributed by atoms with E-state index in [4.69, 9.17) is 37.0 Å². The number of ether oxygens (including phenoxy) is 4. The molecule has 0 rings (SSSR count). The van der Waals surface area contributed by atoms with Crippen molar-refractivity contribution in [3.63, 3.8) is 0 Å². The van der Waals surface area contributed by atoms with E-state index in [2.05, 4.69) is 55.4 Å². The minimum atomic E-state index is -4.96. The van der Waals surface area contributed by atoms with E-state index in [0.29, 0.717) is 31.6 Å². The molecule has 0 aromatic rings. The van der Waals surface area contributed by atoms with E-state index >= 15 is 0 Å². The van der Waals surface area contributed by atoms with Crippen LogP contribution in [0.1, 0.15) is 383 Å². The molecule has 0 fully saturated rings. The zero-order valence-electron chi connectivity index (χ0n) is 62.3. The van der Waals surface area contributed by atoms with Crippen molar-refractivity contribution in [3.05, 3.63) is 0 Å². The third-order valence-electron chi connectivity index (χ3n) is 17.9. The van der Waals surface area contributed by atoms with Crippen LogP contribution in [0.4, 0.5) is 0 Å². The molecule has 0 saturated carbocycles. The van der Waals surface area contributed by atoms with Gasteiger partial charge in [0, 0.05) is 25.7 Å². The zero-order valence-corrected chi connectivity index (χ0v) is 64.1. The molecule has 17 nitrogen and oxygen atoms in total. The van der Waals surface area contributed by atoms with Crippen LogP contribution < -0.4 is 0 Å². The fourth-order valence-electron chi connectivity index (χ4n) is 11.5. The van der Waals surface area contributed by atoms with E-state index in [1.54, 1.807) is 0 Å². The predicted molar refractivity (Wildman–Crippen MR) is 386 cm³/mol. The van der Waals surface area contributed by atoms with Crippen molar-refractivity contribution in [2.24, 2.45) is 23.7 Å². The Balaban J connectivity index is 5.19. The molecule has 6 atom stereocenters. The maximum Gasteiger partial charge on any atom is 0.472 e. The fourth-order valence-corrected chi connectivity index (χ4v) is 13.1. The summed E-state index contributed by atoms with van der Waals surface area (Å²) in [6, 6.07) is 0. The van der Waals surface area contributed by atoms with Crippen LogP contribution in [-0.2, 0) is 65.4 Å². The molecule has 0 aliphatic heterocycles. The van der Waals surface area contributed by atoms with Crippen molar-refractivity contribution in [1.29, 1.82) is 0 Å². The number of hydrogen-bond donors (Lipinski definition) is 3. The lowest BCUT2D eigenvalue weighted by molar-refractivity contribution is -0.161. The van der Waals surface area contributed by atoms with Gasteiger partial charge in [-0.15, -0.1) is 0 Å². The van der Waals surface area contributed by atoms with Gasteiger partial charge in [0.25, 0.3) is 0 Å². The normalized spacial score (nSPS) is 14.4. The van der Waals surface area contributed by atoms with Gasteiger partial charge in [-0.3, -0.25) is 37.3 Å². The smallest absolute Gasteiger partial charge is 0.462 e. The van der Waals surface area contributed by atoms with Gasteiger partial charge in [0.15, 0.2) is 12.2 Å². The summed E-state index contributed by atoms with van der Waals surface area (Å²) in [6.07, 6.45) is 50.1. The summed E-state index contributed by atoms with van der Waals surface area (Å²) in [5.74, 6) is 0.904. The Morgan fingerprint density at radius 2 is 0.505 bits per heavy atom. The molecule has 0 heterocycles. The monoisotopic (exact) mass is 1400 g/mol. The number of carbonyl (C=O) groups excluding carboxylic acids is 4. The lowest BCUT2D eigenvalue weighted by Crippen LogP contribution is -2.30. The molecule has 0 aromatic carbocycles. The molecular weight excluding hydrogens is 1250 g/mol. The van der Waals surface area contributed by atoms with Crippen LogP contribution in [0.5, 0.6) is 0 Å². The highest BCUT2D eigenvalue weighted by molar-refractivity contribution is 7.47. The number of phosphoric ester groups is 2. The van der Waals surface area contributed by atoms with E-state index in [9.17, 15) is 43.2 Å². The SMILES string of the molecule is CCC(C)CCCCCCCCC(=O)OC[C@H](COP(=O)(O)OC[C@H](O)COP(=O)(O)OC[C@@H](COC(=O)CCCCCCCCCCCCCCCCC(C)C)OC(=O)CCCCCCCCCC(C)C)OC(=O)CCCCCCCCCCCCCCCCCC(C)C. The number of esters is 4. The molecule has 19 heteroatoms. The third-order valence-corrected chi connectivity index (χ3v) is 19.8. The quantitative estimate of drug-likeness (QED) is 0.0222. The number of rotatable bonds is 73. The Morgan fingerprint density at radius 3 is 0.747 bits per heavy atom. The lowest BCUT2D eigenvalue weighted by atomic mass is 10.00. The van der Waals surface area contributed by atoms with Crippen LogP contribution in [-0.4, -0.2) is 96.7 Å². The van der Waals surface area contributed by atoms with E-state index < -0.39 is 97.5 Å². The Kier molecular flexibility index (Phi) is 64.0. The summed E-state index contributed by atoms with van der Waals surface area (Å²) in [6.45, 7) is 14.1. The molecule has 3 unspecified atom stereocenters. The van der Waals surface area contributed by atoms with E-state index in [1.807, 2.05) is 0 Å². The Morgan fingerprint density at radius 1 is 0.295 bits per heavy atom. The van der Waals surface area contributed by atoms with Crippen molar-refractivity contribution in [1.82, 2.24) is 0 Å². The van der Waals surface area contributed by atoms with Gasteiger partial charge in [-0.1, -0.05) is 331 Å². The number of aliphatic hydroxyl groups excluding tert-OH is 1. The minimum absolute atomic E-state index is 0.103. The molecule has 0 bridgehead atoms. The highest BCUT2D eigenvalue weighted by Crippen LogP contribution is 2.45. The average molecular weight is 1400 g/mol. The molecule has 0 spiro atoms. The molecule has 0 aliphatic carbocycles. The van der Waals surface area contributed by atoms with Crippen molar-refractivity contribution in [2.45, 2.75) is 401 Å². The average Bonchev–Trinajstić information content (AvgIpc) is 2.49. The standard InChI is InChI=1S/C76H148O17P2/c1-9-69(8)55-47-39-34-35-41-49-57-74(79)87-63-72(92-75(80)58-50-42-32-26-22-18-12-10-11-15-19-23-28-36-44-52-66(2)3)65-91-95(84,85)89-61-70(77)60-88-94(82,83)90-64-71(93-76(81)59-51-43-33-27-30-38-46-54-68(6)7)62-86-73(78)56-48-40-31-25-21-17-14-13-16-20-24-29-37-45-53-67(4)5/h66-72,77H,9-65H2,1-8H3,(H,82,83)(H,84,85)/t69?,70-,71-,72-/m1/s1. The fraction of sp³-hybridized carbons (Fsp3) is 0.947. The summed E-state index contributed by atoms with van der Waals surface area (Å²) < 4.78 is 68.5. The molecule has 564 valence electrons. The van der Waals surface area contributed by atoms with Crippen LogP contribution in [0.3, 0.4) is 0 Å². The molecule has 3 N–H and O–H groups in total. The molecule has 0 saturated heterocycles. The highest BCUT2D eigenvalue weighted by atomic mass is 31.2. The zero-order chi connectivity index (χ0) is 70.3. The van der Waals surface area contributed by atoms with Gasteiger partial charge in [0.1, 0.15) is 19.3 Å². The second-order valence-corrected chi connectivity index (χ2v) is 32.0. The summed E-state index contributed by atoms with van der Waals surface area (Å²) in [5.41, 5.74) is 0. The van der Waals surface area contributed by atoms with Crippen LogP contribution >= 0.6 is 15.6 Å². The molecule has 0 aromatic heterocycles. The summed E-state index contributed by atoms with van der Waals surface area (Å²) in [7, 11) is -9.91. The van der Waals surface area contributed by atoms with Gasteiger partial charge in [0.05, 0.1) is 26.4 Å². The Labute approximate surface area is 581 Å². The van der Waals surface area contributed by atoms with Gasteiger partial charge in [-0.2, -0.15) is 0 Å². The third kappa shape index (κ3) is 69.0. The van der Waals surface area contributed by atoms with E-state index in [-0.39, 0.29) is 25.7 Å². The largest absolute Gasteiger partial charge is 0.472 e. The first-order valence-electron chi connectivity index (χ1n) is 39.2. The predicted octanol–water partition coefficient (Wildman–Crippen LogP) is 22.0. The second-order valence-electron chi connectivity index (χ2n) is 29.1. The highest BCUT2D eigenvalue weighted by Gasteiger charge is 2.30. The van der Waals surface area contributed by atoms with E-state index in [0.717, 1.165) is 114 Å². The second kappa shape index (κ2) is 65.4. The lowest BCUT2D eigenvalue weighted by Gasteiger charge is -2.21. The number of carbonyl (C=O) groups is 4. The van der Waals surface area contributed by atoms with Crippen LogP contribution in [0.2, 0.25) is 0 Å². The maximum atomic E-state index is 13.1. The van der Waals surface area contributed by atoms with Crippen molar-refractivity contribution < 1.29 is 80.2 Å². The van der Waals surface area contributed by atoms with Gasteiger partial charge < -0.3 is 33.8 Å². The first kappa shape index (κ1) is 93.1. The Hall–Kier alpha value is -1.94. The van der Waals surface area contributed by atoms with Gasteiger partial charge in [0.2, 0.25) is 0 Å². The molecule has 0 aliphatic rings. The van der Waals surface area contributed by atoms with Crippen LogP contribution in [0, 0.1) is 23.7 Å². The number of phosphoric acid groups is 2. The van der Waals surface area contributed by atoms with Gasteiger partial charge in [-0.05, 0) is 49.4 Å². The summed E-state index contributed by atoms with van der Waals surface area (Å²) in [4.78, 5) is 72.8. The number of aliphatic hydroxyl groups is 1. The summed E-state index contributed by atoms with van der Waals surface area (Å²) >= 11 is 0. The molecule has 0 radical (unpaired) electrons. The molecule has 0 amide bonds. The molecular formula is C76H148O17P2. The first-order valence-corrected chi connectivity index (χ1v) is 42.2. The van der Waals surface area contributed by atoms with Gasteiger partial charge in [-0.25, -0.2) is 9.13 Å². The Bertz CT molecular complexity index is 1870. The molecule has 95 heavy (non-hydrogen) atoms. The van der Waals surface area contributed by atoms with Crippen LogP contribution in [0.15, 0.2) is 0 Å². The maximum absolute atomic E-state index is 13.1. The van der Waals surface area contributed by atoms with Gasteiger partial charge >= 0.3 is 39.5 Å². The minimum Gasteiger partial charge on any atom is -0.462 e. The van der Waals surface area contributed by atoms with Crippen molar-refractivity contribution in [2.75, 3.05) is 39.6 Å².